The standard InChI is InChI=1S/C15H17NO2S/c17-15-9-13(10-4-2-1-3-5-10)16-14-8-11(18-19)6-7-12(14)15/h2,4-9,12-14,16-17,19H,1,3H2/t12-,13+,14?/m0/s1. The van der Waals surface area contributed by atoms with E-state index in [-0.39, 0.29) is 18.0 Å². The fraction of sp³-hybridized carbons (Fsp3) is 0.333. The topological polar surface area (TPSA) is 41.5 Å². The molecule has 2 aliphatic carbocycles. The highest BCUT2D eigenvalue weighted by molar-refractivity contribution is 7.75. The molecule has 4 heteroatoms. The molecule has 0 radical (unpaired) electrons. The van der Waals surface area contributed by atoms with Crippen LogP contribution in [0.5, 0.6) is 0 Å². The SMILES string of the molecule is OC1=C[C@H](C2=CCCC=C2)NC2C=C(OS)C=C[C@H]12. The third kappa shape index (κ3) is 2.51. The fourth-order valence-corrected chi connectivity index (χ4v) is 2.87. The zero-order valence-electron chi connectivity index (χ0n) is 10.5. The summed E-state index contributed by atoms with van der Waals surface area (Å²) in [5, 5.41) is 13.7. The predicted molar refractivity (Wildman–Crippen MR) is 78.7 cm³/mol. The van der Waals surface area contributed by atoms with Gasteiger partial charge >= 0.3 is 0 Å². The Morgan fingerprint density at radius 1 is 1.26 bits per heavy atom. The van der Waals surface area contributed by atoms with Crippen molar-refractivity contribution in [2.75, 3.05) is 0 Å². The van der Waals surface area contributed by atoms with Crippen molar-refractivity contribution in [2.24, 2.45) is 5.92 Å². The van der Waals surface area contributed by atoms with Crippen LogP contribution in [0.4, 0.5) is 0 Å². The lowest BCUT2D eigenvalue weighted by molar-refractivity contribution is 0.297. The first-order valence-corrected chi connectivity index (χ1v) is 6.89. The summed E-state index contributed by atoms with van der Waals surface area (Å²) in [6, 6.07) is 0.0973. The van der Waals surface area contributed by atoms with Crippen molar-refractivity contribution in [3.63, 3.8) is 0 Å². The summed E-state index contributed by atoms with van der Waals surface area (Å²) in [6.07, 6.45) is 16.3. The van der Waals surface area contributed by atoms with E-state index in [1.165, 1.54) is 5.57 Å². The van der Waals surface area contributed by atoms with E-state index in [0.717, 1.165) is 12.8 Å². The molecule has 1 heterocycles. The second-order valence-corrected chi connectivity index (χ2v) is 5.17. The minimum atomic E-state index is -0.0170. The first kappa shape index (κ1) is 12.6. The molecule has 0 aromatic heterocycles. The molecule has 0 bridgehead atoms. The molecule has 2 N–H and O–H groups in total. The van der Waals surface area contributed by atoms with Gasteiger partial charge in [0, 0.05) is 19.0 Å². The molecule has 0 aromatic rings. The molecule has 19 heavy (non-hydrogen) atoms. The number of allylic oxidation sites excluding steroid dienone is 3. The van der Waals surface area contributed by atoms with Gasteiger partial charge in [0.25, 0.3) is 0 Å². The molecule has 0 saturated carbocycles. The van der Waals surface area contributed by atoms with Crippen LogP contribution >= 0.6 is 12.9 Å². The van der Waals surface area contributed by atoms with Crippen LogP contribution in [0.25, 0.3) is 0 Å². The van der Waals surface area contributed by atoms with Crippen LogP contribution in [-0.4, -0.2) is 17.2 Å². The summed E-state index contributed by atoms with van der Waals surface area (Å²) in [4.78, 5) is 0. The van der Waals surface area contributed by atoms with E-state index in [2.05, 4.69) is 36.5 Å². The normalized spacial score (nSPS) is 33.1. The Morgan fingerprint density at radius 3 is 2.89 bits per heavy atom. The summed E-state index contributed by atoms with van der Waals surface area (Å²) in [5.41, 5.74) is 1.22. The van der Waals surface area contributed by atoms with Crippen LogP contribution in [0.15, 0.2) is 59.6 Å². The quantitative estimate of drug-likeness (QED) is 0.536. The van der Waals surface area contributed by atoms with E-state index in [1.54, 1.807) is 0 Å². The van der Waals surface area contributed by atoms with Crippen molar-refractivity contribution < 1.29 is 9.29 Å². The van der Waals surface area contributed by atoms with E-state index in [9.17, 15) is 5.11 Å². The molecular weight excluding hydrogens is 258 g/mol. The third-order valence-electron chi connectivity index (χ3n) is 3.74. The Hall–Kier alpha value is -1.39. The number of hydrogen-bond acceptors (Lipinski definition) is 4. The van der Waals surface area contributed by atoms with Crippen molar-refractivity contribution in [3.8, 4) is 0 Å². The van der Waals surface area contributed by atoms with Crippen LogP contribution in [0.1, 0.15) is 12.8 Å². The predicted octanol–water partition coefficient (Wildman–Crippen LogP) is 2.98. The van der Waals surface area contributed by atoms with Crippen LogP contribution in [0.2, 0.25) is 0 Å². The Bertz CT molecular complexity index is 516. The molecule has 0 saturated heterocycles. The van der Waals surface area contributed by atoms with E-state index < -0.39 is 0 Å². The van der Waals surface area contributed by atoms with Gasteiger partial charge in [0.1, 0.15) is 5.76 Å². The number of rotatable bonds is 2. The minimum absolute atomic E-state index is 0.0170. The smallest absolute Gasteiger partial charge is 0.134 e. The molecule has 0 spiro atoms. The van der Waals surface area contributed by atoms with Gasteiger partial charge < -0.3 is 9.29 Å². The Morgan fingerprint density at radius 2 is 2.16 bits per heavy atom. The zero-order valence-corrected chi connectivity index (χ0v) is 11.4. The molecule has 3 atom stereocenters. The lowest BCUT2D eigenvalue weighted by atomic mass is 9.85. The van der Waals surface area contributed by atoms with Gasteiger partial charge in [-0.2, -0.15) is 0 Å². The van der Waals surface area contributed by atoms with Crippen LogP contribution in [0, 0.1) is 5.92 Å². The monoisotopic (exact) mass is 275 g/mol. The highest BCUT2D eigenvalue weighted by atomic mass is 32.1. The zero-order chi connectivity index (χ0) is 13.2. The van der Waals surface area contributed by atoms with Crippen LogP contribution in [-0.2, 0) is 4.18 Å². The van der Waals surface area contributed by atoms with Gasteiger partial charge in [-0.15, -0.1) is 0 Å². The average Bonchev–Trinajstić information content (AvgIpc) is 2.47. The molecule has 0 aromatic carbocycles. The summed E-state index contributed by atoms with van der Waals surface area (Å²) in [5.74, 6) is 1.11. The maximum absolute atomic E-state index is 10.2. The van der Waals surface area contributed by atoms with E-state index in [4.69, 9.17) is 4.18 Å². The highest BCUT2D eigenvalue weighted by Crippen LogP contribution is 2.30. The second kappa shape index (κ2) is 5.31. The van der Waals surface area contributed by atoms with Gasteiger partial charge in [-0.3, -0.25) is 5.32 Å². The van der Waals surface area contributed by atoms with Crippen LogP contribution in [0.3, 0.4) is 0 Å². The van der Waals surface area contributed by atoms with Crippen molar-refractivity contribution in [2.45, 2.75) is 24.9 Å². The molecule has 1 aliphatic heterocycles. The van der Waals surface area contributed by atoms with Gasteiger partial charge in [0.15, 0.2) is 0 Å². The molecular formula is C15H17NO2S. The lowest BCUT2D eigenvalue weighted by Crippen LogP contribution is -2.46. The molecule has 0 amide bonds. The summed E-state index contributed by atoms with van der Waals surface area (Å²) >= 11 is 3.82. The minimum Gasteiger partial charge on any atom is -0.512 e. The first-order valence-electron chi connectivity index (χ1n) is 6.52. The number of thiol groups is 1. The van der Waals surface area contributed by atoms with Crippen LogP contribution < -0.4 is 5.32 Å². The van der Waals surface area contributed by atoms with Gasteiger partial charge in [0.2, 0.25) is 0 Å². The Labute approximate surface area is 118 Å². The maximum atomic E-state index is 10.2. The van der Waals surface area contributed by atoms with Gasteiger partial charge in [0.05, 0.1) is 17.7 Å². The Kier molecular flexibility index (Phi) is 3.53. The number of fused-ring (bicyclic) bond motifs is 1. The molecule has 3 rings (SSSR count). The van der Waals surface area contributed by atoms with Crippen molar-refractivity contribution in [1.82, 2.24) is 5.32 Å². The number of aliphatic hydroxyl groups is 1. The lowest BCUT2D eigenvalue weighted by Gasteiger charge is -2.34. The molecule has 100 valence electrons. The Balaban J connectivity index is 1.86. The van der Waals surface area contributed by atoms with Gasteiger partial charge in [-0.1, -0.05) is 24.3 Å². The fourth-order valence-electron chi connectivity index (χ4n) is 2.74. The van der Waals surface area contributed by atoms with Gasteiger partial charge in [-0.25, -0.2) is 0 Å². The van der Waals surface area contributed by atoms with E-state index in [0.29, 0.717) is 11.5 Å². The molecule has 0 fully saturated rings. The third-order valence-corrected chi connectivity index (χ3v) is 3.95. The summed E-state index contributed by atoms with van der Waals surface area (Å²) in [6.45, 7) is 0. The average molecular weight is 275 g/mol. The number of aliphatic hydroxyl groups excluding tert-OH is 1. The largest absolute Gasteiger partial charge is 0.512 e. The number of hydrogen-bond donors (Lipinski definition) is 3. The van der Waals surface area contributed by atoms with Crippen molar-refractivity contribution in [3.05, 3.63) is 59.6 Å². The van der Waals surface area contributed by atoms with Gasteiger partial charge in [-0.05, 0) is 36.6 Å². The summed E-state index contributed by atoms with van der Waals surface area (Å²) < 4.78 is 4.96. The highest BCUT2D eigenvalue weighted by Gasteiger charge is 2.32. The van der Waals surface area contributed by atoms with Crippen molar-refractivity contribution in [1.29, 1.82) is 0 Å². The molecule has 3 nitrogen and oxygen atoms in total. The summed E-state index contributed by atoms with van der Waals surface area (Å²) in [7, 11) is 0. The number of nitrogens with one attached hydrogen (secondary N) is 1. The second-order valence-electron chi connectivity index (χ2n) is 4.99. The molecule has 1 unspecified atom stereocenters. The maximum Gasteiger partial charge on any atom is 0.134 e. The van der Waals surface area contributed by atoms with Crippen molar-refractivity contribution >= 4 is 12.9 Å². The van der Waals surface area contributed by atoms with E-state index >= 15 is 0 Å². The molecule has 3 aliphatic rings. The van der Waals surface area contributed by atoms with E-state index in [1.807, 2.05) is 24.3 Å². The first-order chi connectivity index (χ1) is 9.28.